The number of methoxy groups -OCH3 is 1. The maximum Gasteiger partial charge on any atom is 0.327 e. The van der Waals surface area contributed by atoms with Crippen molar-refractivity contribution in [3.05, 3.63) is 72.3 Å². The fourth-order valence-corrected chi connectivity index (χ4v) is 6.14. The highest BCUT2D eigenvalue weighted by molar-refractivity contribution is 7.89. The van der Waals surface area contributed by atoms with Gasteiger partial charge in [0.1, 0.15) is 30.7 Å². The van der Waals surface area contributed by atoms with Crippen LogP contribution in [0.1, 0.15) is 26.3 Å². The fraction of sp³-hybridized carbons (Fsp3) is 0.444. The first-order chi connectivity index (χ1) is 17.5. The van der Waals surface area contributed by atoms with E-state index in [0.717, 1.165) is 9.87 Å². The third-order valence-electron chi connectivity index (χ3n) is 6.17. The van der Waals surface area contributed by atoms with Crippen LogP contribution in [-0.2, 0) is 40.4 Å². The quantitative estimate of drug-likeness (QED) is 0.359. The molecule has 2 aliphatic heterocycles. The van der Waals surface area contributed by atoms with Gasteiger partial charge < -0.3 is 23.7 Å². The lowest BCUT2D eigenvalue weighted by Crippen LogP contribution is -2.65. The number of sulfonamides is 1. The van der Waals surface area contributed by atoms with E-state index in [1.165, 1.54) is 19.2 Å². The topological polar surface area (TPSA) is 101 Å². The van der Waals surface area contributed by atoms with E-state index in [1.54, 1.807) is 32.9 Å². The summed E-state index contributed by atoms with van der Waals surface area (Å²) in [6.07, 6.45) is -2.28. The molecule has 2 heterocycles. The molecule has 0 aliphatic carbocycles. The molecule has 4 atom stereocenters. The number of piperidine rings is 1. The number of carbonyl (C=O) groups excluding carboxylic acids is 1. The van der Waals surface area contributed by atoms with E-state index in [-0.39, 0.29) is 18.0 Å². The van der Waals surface area contributed by atoms with Crippen LogP contribution in [0.5, 0.6) is 5.75 Å². The van der Waals surface area contributed by atoms with Gasteiger partial charge in [-0.2, -0.15) is 4.31 Å². The molecule has 2 aromatic rings. The molecule has 0 radical (unpaired) electrons. The van der Waals surface area contributed by atoms with Crippen molar-refractivity contribution >= 4 is 16.0 Å². The minimum absolute atomic E-state index is 0.00346. The number of hydrogen-bond donors (Lipinski definition) is 0. The Morgan fingerprint density at radius 1 is 1.11 bits per heavy atom. The van der Waals surface area contributed by atoms with Gasteiger partial charge in [-0.15, -0.1) is 0 Å². The van der Waals surface area contributed by atoms with E-state index in [4.69, 9.17) is 23.7 Å². The number of esters is 1. The molecule has 2 fully saturated rings. The maximum absolute atomic E-state index is 13.9. The third kappa shape index (κ3) is 6.05. The highest BCUT2D eigenvalue weighted by Gasteiger charge is 2.58. The minimum atomic E-state index is -4.16. The number of rotatable bonds is 9. The van der Waals surface area contributed by atoms with E-state index in [2.05, 4.69) is 6.58 Å². The molecule has 0 unspecified atom stereocenters. The molecular formula is C27H33NO8S. The molecule has 4 rings (SSSR count). The summed E-state index contributed by atoms with van der Waals surface area (Å²) in [6, 6.07) is 14.5. The molecule has 10 heteroatoms. The molecule has 0 N–H and O–H groups in total. The molecule has 0 spiro atoms. The zero-order valence-electron chi connectivity index (χ0n) is 21.5. The van der Waals surface area contributed by atoms with Crippen molar-refractivity contribution in [2.75, 3.05) is 20.3 Å². The summed E-state index contributed by atoms with van der Waals surface area (Å²) in [5, 5.41) is 0. The monoisotopic (exact) mass is 531 g/mol. The molecule has 9 nitrogen and oxygen atoms in total. The first-order valence-corrected chi connectivity index (χ1v) is 13.4. The fourth-order valence-electron chi connectivity index (χ4n) is 4.55. The smallest absolute Gasteiger partial charge is 0.327 e. The van der Waals surface area contributed by atoms with Gasteiger partial charge in [0.25, 0.3) is 0 Å². The number of nitrogens with zero attached hydrogens (tertiary/aromatic N) is 1. The van der Waals surface area contributed by atoms with Crippen LogP contribution in [0.4, 0.5) is 0 Å². The van der Waals surface area contributed by atoms with Gasteiger partial charge in [-0.3, -0.25) is 4.79 Å². The van der Waals surface area contributed by atoms with Gasteiger partial charge >= 0.3 is 5.97 Å². The van der Waals surface area contributed by atoms with Crippen molar-refractivity contribution in [1.29, 1.82) is 0 Å². The van der Waals surface area contributed by atoms with Crippen LogP contribution in [0, 0.1) is 0 Å². The zero-order valence-corrected chi connectivity index (χ0v) is 22.3. The van der Waals surface area contributed by atoms with E-state index in [1.807, 2.05) is 30.3 Å². The molecule has 2 aromatic carbocycles. The first kappa shape index (κ1) is 27.3. The Morgan fingerprint density at radius 2 is 1.78 bits per heavy atom. The average molecular weight is 532 g/mol. The highest BCUT2D eigenvalue weighted by Crippen LogP contribution is 2.39. The van der Waals surface area contributed by atoms with Crippen molar-refractivity contribution in [3.8, 4) is 5.75 Å². The largest absolute Gasteiger partial charge is 0.489 e. The molecule has 37 heavy (non-hydrogen) atoms. The standard InChI is InChI=1S/C27H33NO8S/c1-18(2)16-34-25-23(26(29)32-5)28(15-22-24(25)36-27(3,4)35-22)37(30,31)21-13-11-20(12-14-21)33-17-19-9-7-6-8-10-19/h6-14,22-25H,1,15-17H2,2-5H3/t22-,23+,24-,25-/m0/s1. The molecule has 2 saturated heterocycles. The average Bonchev–Trinajstić information content (AvgIpc) is 3.19. The SMILES string of the molecule is C=C(C)CO[C@@H]1[C@H]2OC(C)(C)O[C@H]2CN(S(=O)(=O)c2ccc(OCc3ccccc3)cc2)[C@H]1C(=O)OC. The molecular weight excluding hydrogens is 498 g/mol. The van der Waals surface area contributed by atoms with Gasteiger partial charge in [-0.1, -0.05) is 42.5 Å². The van der Waals surface area contributed by atoms with E-state index in [0.29, 0.717) is 17.9 Å². The number of hydrogen-bond acceptors (Lipinski definition) is 8. The van der Waals surface area contributed by atoms with Crippen LogP contribution in [-0.4, -0.2) is 69.1 Å². The Hall–Kier alpha value is -2.76. The first-order valence-electron chi connectivity index (χ1n) is 12.0. The van der Waals surface area contributed by atoms with Crippen molar-refractivity contribution in [3.63, 3.8) is 0 Å². The van der Waals surface area contributed by atoms with Crippen LogP contribution in [0.3, 0.4) is 0 Å². The molecule has 0 aromatic heterocycles. The lowest BCUT2D eigenvalue weighted by molar-refractivity contribution is -0.170. The molecule has 0 saturated carbocycles. The van der Waals surface area contributed by atoms with Crippen molar-refractivity contribution < 1.29 is 36.9 Å². The number of fused-ring (bicyclic) bond motifs is 1. The second kappa shape index (κ2) is 10.9. The normalized spacial score (nSPS) is 25.3. The number of ether oxygens (including phenoxy) is 5. The number of carbonyl (C=O) groups is 1. The summed E-state index contributed by atoms with van der Waals surface area (Å²) >= 11 is 0. The second-order valence-corrected chi connectivity index (χ2v) is 11.6. The molecule has 0 bridgehead atoms. The maximum atomic E-state index is 13.9. The van der Waals surface area contributed by atoms with Gasteiger partial charge in [-0.25, -0.2) is 8.42 Å². The highest BCUT2D eigenvalue weighted by atomic mass is 32.2. The lowest BCUT2D eigenvalue weighted by Gasteiger charge is -2.42. The molecule has 0 amide bonds. The van der Waals surface area contributed by atoms with Gasteiger partial charge in [-0.05, 0) is 50.6 Å². The number of benzene rings is 2. The van der Waals surface area contributed by atoms with E-state index < -0.39 is 46.1 Å². The molecule has 200 valence electrons. The minimum Gasteiger partial charge on any atom is -0.489 e. The van der Waals surface area contributed by atoms with Gasteiger partial charge in [0.15, 0.2) is 11.8 Å². The van der Waals surface area contributed by atoms with Crippen LogP contribution >= 0.6 is 0 Å². The van der Waals surface area contributed by atoms with Crippen LogP contribution in [0.25, 0.3) is 0 Å². The Kier molecular flexibility index (Phi) is 8.05. The van der Waals surface area contributed by atoms with E-state index >= 15 is 0 Å². The van der Waals surface area contributed by atoms with Crippen LogP contribution in [0.2, 0.25) is 0 Å². The summed E-state index contributed by atoms with van der Waals surface area (Å²) < 4.78 is 57.7. The Labute approximate surface area is 218 Å². The van der Waals surface area contributed by atoms with Gasteiger partial charge in [0.2, 0.25) is 10.0 Å². The van der Waals surface area contributed by atoms with Crippen molar-refractivity contribution in [2.45, 2.75) is 62.4 Å². The summed E-state index contributed by atoms with van der Waals surface area (Å²) in [5.41, 5.74) is 1.70. The summed E-state index contributed by atoms with van der Waals surface area (Å²) in [6.45, 7) is 9.46. The predicted molar refractivity (Wildman–Crippen MR) is 135 cm³/mol. The zero-order chi connectivity index (χ0) is 26.8. The third-order valence-corrected chi connectivity index (χ3v) is 8.03. The van der Waals surface area contributed by atoms with Gasteiger partial charge in [0, 0.05) is 6.54 Å². The summed E-state index contributed by atoms with van der Waals surface area (Å²) in [5.74, 6) is -1.20. The summed E-state index contributed by atoms with van der Waals surface area (Å²) in [4.78, 5) is 13.0. The van der Waals surface area contributed by atoms with Crippen molar-refractivity contribution in [1.82, 2.24) is 4.31 Å². The second-order valence-electron chi connectivity index (χ2n) is 9.66. The Morgan fingerprint density at radius 3 is 2.41 bits per heavy atom. The van der Waals surface area contributed by atoms with Crippen molar-refractivity contribution in [2.24, 2.45) is 0 Å². The Bertz CT molecular complexity index is 1210. The van der Waals surface area contributed by atoms with Gasteiger partial charge in [0.05, 0.1) is 18.6 Å². The Balaban J connectivity index is 1.62. The van der Waals surface area contributed by atoms with E-state index in [9.17, 15) is 13.2 Å². The lowest BCUT2D eigenvalue weighted by atomic mass is 9.95. The van der Waals surface area contributed by atoms with Crippen LogP contribution < -0.4 is 4.74 Å². The van der Waals surface area contributed by atoms with Crippen LogP contribution in [0.15, 0.2) is 71.6 Å². The molecule has 2 aliphatic rings. The summed E-state index contributed by atoms with van der Waals surface area (Å²) in [7, 11) is -2.95. The predicted octanol–water partition coefficient (Wildman–Crippen LogP) is 3.29.